The number of hydrogen-bond acceptors (Lipinski definition) is 5. The summed E-state index contributed by atoms with van der Waals surface area (Å²) in [7, 11) is 3.58. The van der Waals surface area contributed by atoms with E-state index in [0.717, 1.165) is 5.69 Å². The molecule has 2 aromatic heterocycles. The smallest absolute Gasteiger partial charge is 0.256 e. The highest BCUT2D eigenvalue weighted by molar-refractivity contribution is 6.18. The van der Waals surface area contributed by atoms with Gasteiger partial charge in [0.2, 0.25) is 0 Å². The molecule has 1 aliphatic heterocycles. The lowest BCUT2D eigenvalue weighted by Crippen LogP contribution is -2.22. The van der Waals surface area contributed by atoms with Crippen LogP contribution in [-0.4, -0.2) is 36.2 Å². The first-order chi connectivity index (χ1) is 8.66. The minimum atomic E-state index is -0.123. The molecule has 0 bridgehead atoms. The first kappa shape index (κ1) is 10.6. The van der Waals surface area contributed by atoms with Crippen LogP contribution in [0.2, 0.25) is 0 Å². The molecule has 8 heteroatoms. The van der Waals surface area contributed by atoms with Crippen molar-refractivity contribution in [3.05, 3.63) is 24.3 Å². The summed E-state index contributed by atoms with van der Waals surface area (Å²) in [6.07, 6.45) is 3.44. The van der Waals surface area contributed by atoms with Gasteiger partial charge in [-0.2, -0.15) is 15.2 Å². The standard InChI is InChI=1S/C10H11N7O/c1-15-6-11-13-10(15)17-9(18)5-7(14-17)8-3-4-12-16(8)2/h3-4,6H,5H2,1-2H3. The van der Waals surface area contributed by atoms with Crippen LogP contribution in [0, 0.1) is 0 Å². The Morgan fingerprint density at radius 3 is 2.78 bits per heavy atom. The Kier molecular flexibility index (Phi) is 2.22. The van der Waals surface area contributed by atoms with Crippen LogP contribution in [0.15, 0.2) is 23.7 Å². The van der Waals surface area contributed by atoms with Crippen molar-refractivity contribution in [2.45, 2.75) is 6.42 Å². The van der Waals surface area contributed by atoms with Gasteiger partial charge in [-0.05, 0) is 6.07 Å². The molecule has 0 aliphatic carbocycles. The van der Waals surface area contributed by atoms with Gasteiger partial charge in [0.05, 0.1) is 17.8 Å². The van der Waals surface area contributed by atoms with Gasteiger partial charge in [0.25, 0.3) is 11.9 Å². The summed E-state index contributed by atoms with van der Waals surface area (Å²) >= 11 is 0. The number of aromatic nitrogens is 5. The third-order valence-corrected chi connectivity index (χ3v) is 2.77. The van der Waals surface area contributed by atoms with E-state index in [9.17, 15) is 4.79 Å². The maximum absolute atomic E-state index is 11.9. The second-order valence-corrected chi connectivity index (χ2v) is 4.01. The minimum Gasteiger partial charge on any atom is -0.301 e. The first-order valence-corrected chi connectivity index (χ1v) is 5.39. The second-order valence-electron chi connectivity index (χ2n) is 4.01. The van der Waals surface area contributed by atoms with Crippen LogP contribution in [0.4, 0.5) is 5.95 Å². The van der Waals surface area contributed by atoms with Crippen LogP contribution in [0.1, 0.15) is 12.1 Å². The first-order valence-electron chi connectivity index (χ1n) is 5.39. The van der Waals surface area contributed by atoms with E-state index in [1.165, 1.54) is 11.3 Å². The number of hydrogen-bond donors (Lipinski definition) is 0. The summed E-state index contributed by atoms with van der Waals surface area (Å²) < 4.78 is 3.33. The molecule has 0 atom stereocenters. The van der Waals surface area contributed by atoms with E-state index < -0.39 is 0 Å². The molecule has 0 saturated heterocycles. The van der Waals surface area contributed by atoms with E-state index in [1.807, 2.05) is 13.1 Å². The van der Waals surface area contributed by atoms with Crippen molar-refractivity contribution in [3.63, 3.8) is 0 Å². The van der Waals surface area contributed by atoms with Crippen molar-refractivity contribution in [2.75, 3.05) is 5.01 Å². The average Bonchev–Trinajstić information content (AvgIpc) is 3.00. The van der Waals surface area contributed by atoms with Gasteiger partial charge >= 0.3 is 0 Å². The lowest BCUT2D eigenvalue weighted by molar-refractivity contribution is -0.117. The monoisotopic (exact) mass is 245 g/mol. The summed E-state index contributed by atoms with van der Waals surface area (Å²) in [5.74, 6) is 0.291. The van der Waals surface area contributed by atoms with E-state index >= 15 is 0 Å². The fraction of sp³-hybridized carbons (Fsp3) is 0.300. The average molecular weight is 245 g/mol. The number of carbonyl (C=O) groups excluding carboxylic acids is 1. The van der Waals surface area contributed by atoms with Gasteiger partial charge in [0.15, 0.2) is 0 Å². The number of hydrazone groups is 1. The zero-order chi connectivity index (χ0) is 12.7. The van der Waals surface area contributed by atoms with E-state index in [-0.39, 0.29) is 12.3 Å². The van der Waals surface area contributed by atoms with Gasteiger partial charge in [-0.1, -0.05) is 0 Å². The molecule has 8 nitrogen and oxygen atoms in total. The van der Waals surface area contributed by atoms with Crippen LogP contribution >= 0.6 is 0 Å². The van der Waals surface area contributed by atoms with Crippen LogP contribution in [-0.2, 0) is 18.9 Å². The molecule has 92 valence electrons. The van der Waals surface area contributed by atoms with Gasteiger partial charge in [-0.3, -0.25) is 9.48 Å². The maximum atomic E-state index is 11.9. The zero-order valence-corrected chi connectivity index (χ0v) is 9.98. The number of carbonyl (C=O) groups is 1. The fourth-order valence-electron chi connectivity index (χ4n) is 1.85. The molecule has 0 N–H and O–H groups in total. The number of amides is 1. The largest absolute Gasteiger partial charge is 0.301 e. The number of anilines is 1. The van der Waals surface area contributed by atoms with E-state index in [0.29, 0.717) is 11.7 Å². The van der Waals surface area contributed by atoms with E-state index in [4.69, 9.17) is 0 Å². The van der Waals surface area contributed by atoms with Crippen molar-refractivity contribution in [3.8, 4) is 0 Å². The second kappa shape index (κ2) is 3.76. The molecule has 3 rings (SSSR count). The lowest BCUT2D eigenvalue weighted by atomic mass is 10.2. The summed E-state index contributed by atoms with van der Waals surface area (Å²) in [6, 6.07) is 1.83. The van der Waals surface area contributed by atoms with E-state index in [2.05, 4.69) is 20.4 Å². The number of aryl methyl sites for hydroxylation is 2. The highest BCUT2D eigenvalue weighted by Gasteiger charge is 2.30. The molecular weight excluding hydrogens is 234 g/mol. The van der Waals surface area contributed by atoms with Crippen molar-refractivity contribution in [1.29, 1.82) is 0 Å². The van der Waals surface area contributed by atoms with Crippen LogP contribution < -0.4 is 5.01 Å². The Balaban J connectivity index is 2.00. The SMILES string of the molecule is Cn1cnnc1N1N=C(c2ccnn2C)CC1=O. The lowest BCUT2D eigenvalue weighted by Gasteiger charge is -2.08. The predicted molar refractivity (Wildman–Crippen MR) is 62.9 cm³/mol. The number of rotatable bonds is 2. The normalized spacial score (nSPS) is 15.3. The van der Waals surface area contributed by atoms with Crippen LogP contribution in [0.3, 0.4) is 0 Å². The quantitative estimate of drug-likeness (QED) is 0.726. The Labute approximate surface area is 103 Å². The molecule has 0 unspecified atom stereocenters. The summed E-state index contributed by atoms with van der Waals surface area (Å²) in [5.41, 5.74) is 1.51. The van der Waals surface area contributed by atoms with E-state index in [1.54, 1.807) is 22.5 Å². The predicted octanol–water partition coefficient (Wildman–Crippen LogP) is -0.310. The maximum Gasteiger partial charge on any atom is 0.256 e. The molecule has 0 saturated carbocycles. The Morgan fingerprint density at radius 2 is 2.17 bits per heavy atom. The number of nitrogens with zero attached hydrogens (tertiary/aromatic N) is 7. The molecule has 3 heterocycles. The van der Waals surface area contributed by atoms with Gasteiger partial charge in [-0.15, -0.1) is 10.2 Å². The highest BCUT2D eigenvalue weighted by atomic mass is 16.2. The molecule has 2 aromatic rings. The molecular formula is C10H11N7O. The van der Waals surface area contributed by atoms with Crippen molar-refractivity contribution in [1.82, 2.24) is 24.5 Å². The fourth-order valence-corrected chi connectivity index (χ4v) is 1.85. The minimum absolute atomic E-state index is 0.123. The van der Waals surface area contributed by atoms with Gasteiger partial charge in [0.1, 0.15) is 6.33 Å². The van der Waals surface area contributed by atoms with Crippen molar-refractivity contribution in [2.24, 2.45) is 19.2 Å². The molecule has 0 radical (unpaired) electrons. The topological polar surface area (TPSA) is 81.2 Å². The summed E-state index contributed by atoms with van der Waals surface area (Å²) in [5, 5.41) is 17.2. The Bertz CT molecular complexity index is 638. The van der Waals surface area contributed by atoms with Gasteiger partial charge < -0.3 is 4.57 Å². The van der Waals surface area contributed by atoms with Crippen LogP contribution in [0.25, 0.3) is 0 Å². The summed E-state index contributed by atoms with van der Waals surface area (Å²) in [6.45, 7) is 0. The molecule has 0 fully saturated rings. The highest BCUT2D eigenvalue weighted by Crippen LogP contribution is 2.19. The molecule has 0 spiro atoms. The Morgan fingerprint density at radius 1 is 1.33 bits per heavy atom. The summed E-state index contributed by atoms with van der Waals surface area (Å²) in [4.78, 5) is 11.9. The molecule has 1 amide bonds. The van der Waals surface area contributed by atoms with Crippen molar-refractivity contribution < 1.29 is 4.79 Å². The third kappa shape index (κ3) is 1.50. The van der Waals surface area contributed by atoms with Gasteiger partial charge in [0, 0.05) is 20.3 Å². The van der Waals surface area contributed by atoms with Crippen LogP contribution in [0.5, 0.6) is 0 Å². The van der Waals surface area contributed by atoms with Gasteiger partial charge in [-0.25, -0.2) is 0 Å². The van der Waals surface area contributed by atoms with Crippen molar-refractivity contribution >= 4 is 17.6 Å². The molecule has 0 aromatic carbocycles. The molecule has 18 heavy (non-hydrogen) atoms. The third-order valence-electron chi connectivity index (χ3n) is 2.77. The Hall–Kier alpha value is -2.51. The molecule has 1 aliphatic rings. The zero-order valence-electron chi connectivity index (χ0n) is 9.98.